The fourth-order valence-corrected chi connectivity index (χ4v) is 1.90. The van der Waals surface area contributed by atoms with E-state index in [4.69, 9.17) is 27.6 Å². The highest BCUT2D eigenvalue weighted by atomic mass is 35.5. The maximum absolute atomic E-state index is 9.89. The molecule has 0 spiro atoms. The Morgan fingerprint density at radius 1 is 1.25 bits per heavy atom. The summed E-state index contributed by atoms with van der Waals surface area (Å²) in [6, 6.07) is 5.33. The summed E-state index contributed by atoms with van der Waals surface area (Å²) in [5.41, 5.74) is 0.531. The molecule has 4 heteroatoms. The molecule has 2 nitrogen and oxygen atoms in total. The second-order valence-corrected chi connectivity index (χ2v) is 4.90. The Morgan fingerprint density at radius 3 is 2.56 bits per heavy atom. The number of rotatable bonds is 2. The molecule has 0 saturated carbocycles. The minimum Gasteiger partial charge on any atom is -0.457 e. The fraction of sp³-hybridized carbons (Fsp3) is 0.333. The molecule has 0 saturated heterocycles. The smallest absolute Gasteiger partial charge is 0.154 e. The van der Waals surface area contributed by atoms with Crippen LogP contribution in [0.4, 0.5) is 0 Å². The van der Waals surface area contributed by atoms with E-state index < -0.39 is 6.10 Å². The van der Waals surface area contributed by atoms with Gasteiger partial charge < -0.3 is 9.52 Å². The average molecular weight is 259 g/mol. The van der Waals surface area contributed by atoms with Gasteiger partial charge in [0, 0.05) is 5.39 Å². The third-order valence-corrected chi connectivity index (χ3v) is 3.31. The van der Waals surface area contributed by atoms with Crippen molar-refractivity contribution in [2.24, 2.45) is 5.92 Å². The molecule has 1 aromatic heterocycles. The van der Waals surface area contributed by atoms with Crippen LogP contribution in [0.5, 0.6) is 0 Å². The molecule has 1 N–H and O–H groups in total. The number of aliphatic hydroxyl groups is 1. The molecule has 0 bridgehead atoms. The van der Waals surface area contributed by atoms with Crippen LogP contribution in [0.2, 0.25) is 10.0 Å². The van der Waals surface area contributed by atoms with E-state index in [0.717, 1.165) is 5.39 Å². The Labute approximate surface area is 104 Å². The molecule has 0 amide bonds. The number of benzene rings is 1. The summed E-state index contributed by atoms with van der Waals surface area (Å²) in [7, 11) is 0. The summed E-state index contributed by atoms with van der Waals surface area (Å²) >= 11 is 11.9. The van der Waals surface area contributed by atoms with Crippen molar-refractivity contribution in [1.82, 2.24) is 0 Å². The predicted octanol–water partition coefficient (Wildman–Crippen LogP) is 4.43. The van der Waals surface area contributed by atoms with Gasteiger partial charge in [-0.25, -0.2) is 0 Å². The highest BCUT2D eigenvalue weighted by molar-refractivity contribution is 6.44. The highest BCUT2D eigenvalue weighted by Crippen LogP contribution is 2.35. The number of fused-ring (bicyclic) bond motifs is 1. The maximum atomic E-state index is 9.89. The minimum atomic E-state index is -0.623. The highest BCUT2D eigenvalue weighted by Gasteiger charge is 2.18. The number of furan rings is 1. The molecule has 0 aliphatic rings. The van der Waals surface area contributed by atoms with E-state index in [2.05, 4.69) is 0 Å². The largest absolute Gasteiger partial charge is 0.457 e. The fourth-order valence-electron chi connectivity index (χ4n) is 1.54. The van der Waals surface area contributed by atoms with Gasteiger partial charge in [0.15, 0.2) is 5.58 Å². The zero-order chi connectivity index (χ0) is 11.9. The van der Waals surface area contributed by atoms with Crippen LogP contribution in [0.3, 0.4) is 0 Å². The Bertz CT molecular complexity index is 517. The van der Waals surface area contributed by atoms with Gasteiger partial charge in [-0.15, -0.1) is 0 Å². The van der Waals surface area contributed by atoms with Crippen molar-refractivity contribution in [3.63, 3.8) is 0 Å². The first-order valence-corrected chi connectivity index (χ1v) is 5.82. The first-order valence-electron chi connectivity index (χ1n) is 5.06. The molecule has 1 atom stereocenters. The third kappa shape index (κ3) is 1.93. The van der Waals surface area contributed by atoms with Crippen LogP contribution in [-0.2, 0) is 0 Å². The third-order valence-electron chi connectivity index (χ3n) is 2.52. The summed E-state index contributed by atoms with van der Waals surface area (Å²) in [4.78, 5) is 0. The first kappa shape index (κ1) is 11.8. The van der Waals surface area contributed by atoms with Crippen LogP contribution in [0.1, 0.15) is 25.7 Å². The lowest BCUT2D eigenvalue weighted by Crippen LogP contribution is -2.03. The maximum Gasteiger partial charge on any atom is 0.154 e. The zero-order valence-corrected chi connectivity index (χ0v) is 10.5. The predicted molar refractivity (Wildman–Crippen MR) is 66.0 cm³/mol. The molecule has 0 aliphatic carbocycles. The van der Waals surface area contributed by atoms with Crippen molar-refractivity contribution < 1.29 is 9.52 Å². The van der Waals surface area contributed by atoms with Gasteiger partial charge in [-0.3, -0.25) is 0 Å². The summed E-state index contributed by atoms with van der Waals surface area (Å²) in [6.45, 7) is 3.85. The normalized spacial score (nSPS) is 13.6. The summed E-state index contributed by atoms with van der Waals surface area (Å²) < 4.78 is 5.54. The van der Waals surface area contributed by atoms with E-state index in [0.29, 0.717) is 21.4 Å². The molecule has 2 aromatic rings. The molecule has 0 fully saturated rings. The summed E-state index contributed by atoms with van der Waals surface area (Å²) in [5, 5.41) is 11.6. The van der Waals surface area contributed by atoms with E-state index in [1.807, 2.05) is 19.9 Å². The molecule has 2 rings (SSSR count). The minimum absolute atomic E-state index is 0.0924. The van der Waals surface area contributed by atoms with Crippen LogP contribution < -0.4 is 0 Å². The van der Waals surface area contributed by atoms with Gasteiger partial charge in [0.25, 0.3) is 0 Å². The second-order valence-electron chi connectivity index (χ2n) is 4.12. The van der Waals surface area contributed by atoms with E-state index in [1.165, 1.54) is 0 Å². The lowest BCUT2D eigenvalue weighted by Gasteiger charge is -2.10. The van der Waals surface area contributed by atoms with Gasteiger partial charge in [-0.05, 0) is 24.1 Å². The summed E-state index contributed by atoms with van der Waals surface area (Å²) in [5.74, 6) is 0.615. The molecule has 1 aromatic carbocycles. The van der Waals surface area contributed by atoms with E-state index in [1.54, 1.807) is 12.1 Å². The van der Waals surface area contributed by atoms with E-state index in [-0.39, 0.29) is 5.92 Å². The van der Waals surface area contributed by atoms with Crippen LogP contribution in [0.25, 0.3) is 11.0 Å². The average Bonchev–Trinajstić information content (AvgIpc) is 2.67. The van der Waals surface area contributed by atoms with Crippen LogP contribution in [0, 0.1) is 5.92 Å². The quantitative estimate of drug-likeness (QED) is 0.865. The van der Waals surface area contributed by atoms with Crippen molar-refractivity contribution in [1.29, 1.82) is 0 Å². The van der Waals surface area contributed by atoms with E-state index in [9.17, 15) is 5.11 Å². The SMILES string of the molecule is CC(C)C(O)c1cc2ccc(Cl)c(Cl)c2o1. The van der Waals surface area contributed by atoms with Crippen molar-refractivity contribution in [3.8, 4) is 0 Å². The van der Waals surface area contributed by atoms with Gasteiger partial charge in [-0.2, -0.15) is 0 Å². The van der Waals surface area contributed by atoms with Gasteiger partial charge >= 0.3 is 0 Å². The van der Waals surface area contributed by atoms with Gasteiger partial charge in [-0.1, -0.05) is 37.0 Å². The Balaban J connectivity index is 2.56. The molecule has 0 aliphatic heterocycles. The lowest BCUT2D eigenvalue weighted by atomic mass is 10.1. The van der Waals surface area contributed by atoms with Crippen LogP contribution in [-0.4, -0.2) is 5.11 Å². The molecule has 16 heavy (non-hydrogen) atoms. The molecular formula is C12H12Cl2O2. The van der Waals surface area contributed by atoms with Crippen LogP contribution >= 0.6 is 23.2 Å². The first-order chi connectivity index (χ1) is 7.50. The van der Waals surface area contributed by atoms with Gasteiger partial charge in [0.05, 0.1) is 5.02 Å². The lowest BCUT2D eigenvalue weighted by molar-refractivity contribution is 0.104. The van der Waals surface area contributed by atoms with Gasteiger partial charge in [0.1, 0.15) is 16.9 Å². The van der Waals surface area contributed by atoms with E-state index >= 15 is 0 Å². The zero-order valence-electron chi connectivity index (χ0n) is 9.00. The number of aliphatic hydroxyl groups excluding tert-OH is 1. The van der Waals surface area contributed by atoms with Crippen LogP contribution in [0.15, 0.2) is 22.6 Å². The Kier molecular flexibility index (Phi) is 3.15. The molecule has 86 valence electrons. The monoisotopic (exact) mass is 258 g/mol. The molecular weight excluding hydrogens is 247 g/mol. The summed E-state index contributed by atoms with van der Waals surface area (Å²) in [6.07, 6.45) is -0.623. The van der Waals surface area contributed by atoms with Crippen molar-refractivity contribution in [3.05, 3.63) is 34.0 Å². The molecule has 0 radical (unpaired) electrons. The standard InChI is InChI=1S/C12H12Cl2O2/c1-6(2)11(15)9-5-7-3-4-8(13)10(14)12(7)16-9/h3-6,11,15H,1-2H3. The Morgan fingerprint density at radius 2 is 1.94 bits per heavy atom. The Hall–Kier alpha value is -0.700. The number of halogens is 2. The number of hydrogen-bond acceptors (Lipinski definition) is 2. The van der Waals surface area contributed by atoms with Crippen molar-refractivity contribution in [2.75, 3.05) is 0 Å². The topological polar surface area (TPSA) is 33.4 Å². The number of hydrogen-bond donors (Lipinski definition) is 1. The van der Waals surface area contributed by atoms with Crippen molar-refractivity contribution >= 4 is 34.2 Å². The molecule has 1 unspecified atom stereocenters. The van der Waals surface area contributed by atoms with Gasteiger partial charge in [0.2, 0.25) is 0 Å². The second kappa shape index (κ2) is 4.28. The van der Waals surface area contributed by atoms with Crippen molar-refractivity contribution in [2.45, 2.75) is 20.0 Å². The molecule has 1 heterocycles.